The van der Waals surface area contributed by atoms with E-state index in [4.69, 9.17) is 0 Å². The molecule has 1 aliphatic heterocycles. The average molecular weight is 361 g/mol. The minimum Gasteiger partial charge on any atom is -0.272 e. The Kier molecular flexibility index (Phi) is 2.97. The van der Waals surface area contributed by atoms with Crippen LogP contribution in [0.15, 0.2) is 40.9 Å². The summed E-state index contributed by atoms with van der Waals surface area (Å²) in [6.07, 6.45) is 4.93. The van der Waals surface area contributed by atoms with E-state index in [0.29, 0.717) is 5.56 Å². The van der Waals surface area contributed by atoms with Gasteiger partial charge in [0.25, 0.3) is 17.7 Å². The number of nitrogens with one attached hydrogen (secondary N) is 1. The summed E-state index contributed by atoms with van der Waals surface area (Å²) >= 11 is 3.30. The molecule has 3 amide bonds. The molecule has 2 aliphatic carbocycles. The van der Waals surface area contributed by atoms with Crippen molar-refractivity contribution in [3.63, 3.8) is 0 Å². The predicted molar refractivity (Wildman–Crippen MR) is 81.2 cm³/mol. The number of benzene rings is 1. The van der Waals surface area contributed by atoms with E-state index >= 15 is 0 Å². The molecule has 4 unspecified atom stereocenters. The molecule has 2 bridgehead atoms. The first-order chi connectivity index (χ1) is 10.6. The lowest BCUT2D eigenvalue weighted by atomic mass is 9.85. The third-order valence-electron chi connectivity index (χ3n) is 4.79. The summed E-state index contributed by atoms with van der Waals surface area (Å²) in [6, 6.07) is 6.75. The van der Waals surface area contributed by atoms with Crippen molar-refractivity contribution >= 4 is 33.7 Å². The summed E-state index contributed by atoms with van der Waals surface area (Å²) in [7, 11) is 0. The Morgan fingerprint density at radius 1 is 1.05 bits per heavy atom. The number of carbonyl (C=O) groups is 3. The number of hydrogen-bond donors (Lipinski definition) is 1. The molecule has 6 heteroatoms. The molecular weight excluding hydrogens is 348 g/mol. The molecule has 1 saturated heterocycles. The molecule has 5 nitrogen and oxygen atoms in total. The van der Waals surface area contributed by atoms with Crippen LogP contribution < -0.4 is 5.43 Å². The Balaban J connectivity index is 1.54. The molecule has 0 spiro atoms. The van der Waals surface area contributed by atoms with Gasteiger partial charge in [0.15, 0.2) is 0 Å². The van der Waals surface area contributed by atoms with Crippen LogP contribution in [0.3, 0.4) is 0 Å². The van der Waals surface area contributed by atoms with Gasteiger partial charge >= 0.3 is 0 Å². The molecule has 0 aromatic heterocycles. The zero-order chi connectivity index (χ0) is 15.4. The summed E-state index contributed by atoms with van der Waals surface area (Å²) < 4.78 is 0.856. The van der Waals surface area contributed by atoms with Gasteiger partial charge in [-0.15, -0.1) is 0 Å². The number of imide groups is 1. The van der Waals surface area contributed by atoms with Crippen molar-refractivity contribution in [1.29, 1.82) is 0 Å². The Hall–Kier alpha value is -1.95. The Morgan fingerprint density at radius 3 is 2.14 bits per heavy atom. The number of hydrogen-bond acceptors (Lipinski definition) is 3. The third kappa shape index (κ3) is 1.86. The van der Waals surface area contributed by atoms with Crippen LogP contribution in [0.5, 0.6) is 0 Å². The van der Waals surface area contributed by atoms with Gasteiger partial charge in [0.05, 0.1) is 11.8 Å². The number of nitrogens with zero attached hydrogens (tertiary/aromatic N) is 1. The zero-order valence-corrected chi connectivity index (χ0v) is 13.1. The maximum Gasteiger partial charge on any atom is 0.270 e. The van der Waals surface area contributed by atoms with Crippen LogP contribution in [-0.2, 0) is 9.59 Å². The van der Waals surface area contributed by atoms with Gasteiger partial charge in [-0.1, -0.05) is 28.1 Å². The molecule has 2 fully saturated rings. The molecule has 112 valence electrons. The molecular formula is C16H13BrN2O3. The fourth-order valence-electron chi connectivity index (χ4n) is 3.78. The highest BCUT2D eigenvalue weighted by Crippen LogP contribution is 2.52. The van der Waals surface area contributed by atoms with E-state index < -0.39 is 5.91 Å². The molecule has 1 heterocycles. The third-order valence-corrected chi connectivity index (χ3v) is 5.32. The van der Waals surface area contributed by atoms with E-state index in [1.807, 2.05) is 12.2 Å². The standard InChI is InChI=1S/C16H13BrN2O3/c17-11-5-3-8(4-6-11)14(20)18-19-15(21)12-9-1-2-10(7-9)13(12)16(19)22/h1-6,9-10,12-13H,7H2,(H,18,20). The second-order valence-electron chi connectivity index (χ2n) is 5.96. The number of amides is 3. The van der Waals surface area contributed by atoms with Gasteiger partial charge in [-0.05, 0) is 42.5 Å². The first kappa shape index (κ1) is 13.7. The van der Waals surface area contributed by atoms with Crippen molar-refractivity contribution in [2.24, 2.45) is 23.7 Å². The average Bonchev–Trinajstić information content (AvgIpc) is 3.17. The van der Waals surface area contributed by atoms with Gasteiger partial charge in [0.2, 0.25) is 0 Å². The van der Waals surface area contributed by atoms with E-state index in [-0.39, 0.29) is 35.5 Å². The van der Waals surface area contributed by atoms with Gasteiger partial charge in [0, 0.05) is 10.0 Å². The molecule has 3 aliphatic rings. The first-order valence-corrected chi connectivity index (χ1v) is 7.98. The normalized spacial score (nSPS) is 31.8. The van der Waals surface area contributed by atoms with Gasteiger partial charge in [-0.25, -0.2) is 0 Å². The monoisotopic (exact) mass is 360 g/mol. The fraction of sp³-hybridized carbons (Fsp3) is 0.312. The summed E-state index contributed by atoms with van der Waals surface area (Å²) in [6.45, 7) is 0. The summed E-state index contributed by atoms with van der Waals surface area (Å²) in [5, 5.41) is 0.922. The molecule has 1 N–H and O–H groups in total. The molecule has 1 aromatic carbocycles. The van der Waals surface area contributed by atoms with E-state index in [0.717, 1.165) is 15.9 Å². The molecule has 4 atom stereocenters. The number of fused-ring (bicyclic) bond motifs is 5. The number of rotatable bonds is 2. The van der Waals surface area contributed by atoms with E-state index in [9.17, 15) is 14.4 Å². The van der Waals surface area contributed by atoms with Gasteiger partial charge in [-0.3, -0.25) is 19.8 Å². The van der Waals surface area contributed by atoms with Gasteiger partial charge in [-0.2, -0.15) is 5.01 Å². The maximum atomic E-state index is 12.5. The Morgan fingerprint density at radius 2 is 1.59 bits per heavy atom. The van der Waals surface area contributed by atoms with E-state index in [2.05, 4.69) is 21.4 Å². The number of hydrazine groups is 1. The number of carbonyl (C=O) groups excluding carboxylic acids is 3. The number of allylic oxidation sites excluding steroid dienone is 2. The topological polar surface area (TPSA) is 66.5 Å². The maximum absolute atomic E-state index is 12.5. The van der Waals surface area contributed by atoms with Crippen LogP contribution in [0.1, 0.15) is 16.8 Å². The van der Waals surface area contributed by atoms with Crippen LogP contribution in [0.4, 0.5) is 0 Å². The lowest BCUT2D eigenvalue weighted by Crippen LogP contribution is -2.47. The molecule has 0 radical (unpaired) electrons. The van der Waals surface area contributed by atoms with Gasteiger partial charge < -0.3 is 0 Å². The number of halogens is 1. The van der Waals surface area contributed by atoms with Crippen molar-refractivity contribution < 1.29 is 14.4 Å². The largest absolute Gasteiger partial charge is 0.272 e. The summed E-state index contributed by atoms with van der Waals surface area (Å²) in [4.78, 5) is 37.1. The van der Waals surface area contributed by atoms with Crippen LogP contribution in [-0.4, -0.2) is 22.7 Å². The van der Waals surface area contributed by atoms with Crippen LogP contribution in [0, 0.1) is 23.7 Å². The Labute approximate surface area is 135 Å². The SMILES string of the molecule is O=C(NN1C(=O)C2C3C=CC(C3)C2C1=O)c1ccc(Br)cc1. The van der Waals surface area contributed by atoms with Crippen LogP contribution >= 0.6 is 15.9 Å². The van der Waals surface area contributed by atoms with Crippen LogP contribution in [0.2, 0.25) is 0 Å². The van der Waals surface area contributed by atoms with Crippen molar-refractivity contribution in [3.8, 4) is 0 Å². The van der Waals surface area contributed by atoms with Gasteiger partial charge in [0.1, 0.15) is 0 Å². The molecule has 1 saturated carbocycles. The highest BCUT2D eigenvalue weighted by molar-refractivity contribution is 9.10. The highest BCUT2D eigenvalue weighted by atomic mass is 79.9. The first-order valence-electron chi connectivity index (χ1n) is 7.19. The summed E-state index contributed by atoms with van der Waals surface area (Å²) in [5.41, 5.74) is 2.87. The fourth-order valence-corrected chi connectivity index (χ4v) is 4.04. The smallest absolute Gasteiger partial charge is 0.270 e. The predicted octanol–water partition coefficient (Wildman–Crippen LogP) is 1.90. The lowest BCUT2D eigenvalue weighted by Gasteiger charge is -2.18. The van der Waals surface area contributed by atoms with E-state index in [1.54, 1.807) is 24.3 Å². The quantitative estimate of drug-likeness (QED) is 0.646. The van der Waals surface area contributed by atoms with Crippen molar-refractivity contribution in [3.05, 3.63) is 46.5 Å². The minimum atomic E-state index is -0.450. The highest BCUT2D eigenvalue weighted by Gasteiger charge is 2.59. The van der Waals surface area contributed by atoms with Crippen molar-refractivity contribution in [2.75, 3.05) is 0 Å². The lowest BCUT2D eigenvalue weighted by molar-refractivity contribution is -0.143. The Bertz CT molecular complexity index is 683. The minimum absolute atomic E-state index is 0.140. The molecule has 1 aromatic rings. The van der Waals surface area contributed by atoms with Crippen LogP contribution in [0.25, 0.3) is 0 Å². The summed E-state index contributed by atoms with van der Waals surface area (Å²) in [5.74, 6) is -1.33. The van der Waals surface area contributed by atoms with Crippen molar-refractivity contribution in [1.82, 2.24) is 10.4 Å². The second-order valence-corrected chi connectivity index (χ2v) is 6.88. The second kappa shape index (κ2) is 4.78. The zero-order valence-electron chi connectivity index (χ0n) is 11.5. The molecule has 4 rings (SSSR count). The van der Waals surface area contributed by atoms with Crippen molar-refractivity contribution in [2.45, 2.75) is 6.42 Å². The van der Waals surface area contributed by atoms with E-state index in [1.165, 1.54) is 0 Å². The molecule has 22 heavy (non-hydrogen) atoms.